The summed E-state index contributed by atoms with van der Waals surface area (Å²) in [6, 6.07) is 16.0. The highest BCUT2D eigenvalue weighted by Crippen LogP contribution is 2.47. The molecule has 2 aromatic rings. The summed E-state index contributed by atoms with van der Waals surface area (Å²) < 4.78 is 5.27. The fourth-order valence-corrected chi connectivity index (χ4v) is 4.49. The first-order chi connectivity index (χ1) is 14.5. The summed E-state index contributed by atoms with van der Waals surface area (Å²) in [6.45, 7) is 4.04. The van der Waals surface area contributed by atoms with Gasteiger partial charge in [0.05, 0.1) is 24.7 Å². The molecule has 1 aliphatic carbocycles. The van der Waals surface area contributed by atoms with Crippen LogP contribution in [0.3, 0.4) is 0 Å². The zero-order valence-corrected chi connectivity index (χ0v) is 17.5. The van der Waals surface area contributed by atoms with Gasteiger partial charge >= 0.3 is 0 Å². The molecule has 0 bridgehead atoms. The van der Waals surface area contributed by atoms with Gasteiger partial charge in [-0.1, -0.05) is 23.8 Å². The number of benzene rings is 2. The summed E-state index contributed by atoms with van der Waals surface area (Å²) in [5.41, 5.74) is 12.6. The molecule has 0 radical (unpaired) electrons. The van der Waals surface area contributed by atoms with Crippen LogP contribution in [0, 0.1) is 25.2 Å². The van der Waals surface area contributed by atoms with Gasteiger partial charge in [-0.05, 0) is 62.1 Å². The number of ketones is 1. The minimum atomic E-state index is -0.424. The average Bonchev–Trinajstić information content (AvgIpc) is 2.75. The molecular formula is C25H25N3O2. The number of ether oxygens (including phenoxy) is 1. The number of carbonyl (C=O) groups excluding carboxylic acids is 1. The summed E-state index contributed by atoms with van der Waals surface area (Å²) in [7, 11) is 1.62. The van der Waals surface area contributed by atoms with Crippen LogP contribution < -0.4 is 15.4 Å². The Balaban J connectivity index is 1.96. The van der Waals surface area contributed by atoms with Crippen LogP contribution in [0.4, 0.5) is 5.69 Å². The fourth-order valence-electron chi connectivity index (χ4n) is 4.49. The number of aryl methyl sites for hydroxylation is 2. The van der Waals surface area contributed by atoms with Crippen molar-refractivity contribution in [2.75, 3.05) is 12.0 Å². The smallest absolute Gasteiger partial charge is 0.161 e. The quantitative estimate of drug-likeness (QED) is 0.815. The van der Waals surface area contributed by atoms with Crippen molar-refractivity contribution in [3.8, 4) is 11.8 Å². The van der Waals surface area contributed by atoms with E-state index in [0.717, 1.165) is 46.7 Å². The molecule has 1 aliphatic heterocycles. The molecule has 2 aromatic carbocycles. The van der Waals surface area contributed by atoms with Crippen LogP contribution in [0.25, 0.3) is 0 Å². The number of Topliss-reactive ketones (excluding diaryl/α,β-unsaturated/α-hetero) is 1. The maximum Gasteiger partial charge on any atom is 0.161 e. The molecule has 1 atom stereocenters. The Kier molecular flexibility index (Phi) is 5.09. The van der Waals surface area contributed by atoms with E-state index in [1.54, 1.807) is 7.11 Å². The molecule has 2 aliphatic rings. The van der Waals surface area contributed by atoms with Crippen LogP contribution in [0.5, 0.6) is 5.75 Å². The molecule has 152 valence electrons. The van der Waals surface area contributed by atoms with Crippen LogP contribution in [0.2, 0.25) is 0 Å². The fraction of sp³-hybridized carbons (Fsp3) is 0.280. The predicted octanol–water partition coefficient (Wildman–Crippen LogP) is 4.62. The summed E-state index contributed by atoms with van der Waals surface area (Å²) in [4.78, 5) is 15.1. The molecular weight excluding hydrogens is 374 g/mol. The van der Waals surface area contributed by atoms with Crippen molar-refractivity contribution in [1.82, 2.24) is 0 Å². The Labute approximate surface area is 177 Å². The first kappa shape index (κ1) is 19.8. The second-order valence-electron chi connectivity index (χ2n) is 7.87. The van der Waals surface area contributed by atoms with Crippen molar-refractivity contribution in [3.05, 3.63) is 81.8 Å². The van der Waals surface area contributed by atoms with E-state index in [1.165, 1.54) is 0 Å². The molecule has 1 heterocycles. The van der Waals surface area contributed by atoms with E-state index in [-0.39, 0.29) is 5.78 Å². The van der Waals surface area contributed by atoms with Gasteiger partial charge in [0.1, 0.15) is 11.6 Å². The molecule has 0 saturated heterocycles. The lowest BCUT2D eigenvalue weighted by molar-refractivity contribution is -0.116. The van der Waals surface area contributed by atoms with Gasteiger partial charge in [0.2, 0.25) is 0 Å². The third kappa shape index (κ3) is 3.15. The van der Waals surface area contributed by atoms with Crippen molar-refractivity contribution in [2.24, 2.45) is 5.73 Å². The molecule has 5 nitrogen and oxygen atoms in total. The molecule has 1 unspecified atom stereocenters. The molecule has 0 amide bonds. The Bertz CT molecular complexity index is 1120. The second-order valence-corrected chi connectivity index (χ2v) is 7.87. The maximum atomic E-state index is 13.2. The summed E-state index contributed by atoms with van der Waals surface area (Å²) in [6.07, 6.45) is 2.02. The number of anilines is 1. The number of hydrogen-bond acceptors (Lipinski definition) is 5. The Hall–Kier alpha value is -3.52. The Morgan fingerprint density at radius 3 is 2.53 bits per heavy atom. The lowest BCUT2D eigenvalue weighted by atomic mass is 9.74. The van der Waals surface area contributed by atoms with E-state index < -0.39 is 5.92 Å². The van der Waals surface area contributed by atoms with E-state index in [4.69, 9.17) is 10.5 Å². The van der Waals surface area contributed by atoms with Gasteiger partial charge in [0.25, 0.3) is 0 Å². The highest BCUT2D eigenvalue weighted by Gasteiger charge is 2.40. The number of allylic oxidation sites excluding steroid dienone is 3. The van der Waals surface area contributed by atoms with Crippen molar-refractivity contribution in [3.63, 3.8) is 0 Å². The van der Waals surface area contributed by atoms with Crippen molar-refractivity contribution >= 4 is 11.5 Å². The summed E-state index contributed by atoms with van der Waals surface area (Å²) >= 11 is 0. The first-order valence-corrected chi connectivity index (χ1v) is 10.1. The van der Waals surface area contributed by atoms with Gasteiger partial charge in [-0.15, -0.1) is 0 Å². The average molecular weight is 399 g/mol. The van der Waals surface area contributed by atoms with Crippen LogP contribution >= 0.6 is 0 Å². The van der Waals surface area contributed by atoms with Crippen LogP contribution in [0.15, 0.2) is 65.1 Å². The molecule has 0 saturated carbocycles. The van der Waals surface area contributed by atoms with Gasteiger partial charge in [-0.3, -0.25) is 9.69 Å². The lowest BCUT2D eigenvalue weighted by Crippen LogP contribution is -2.38. The van der Waals surface area contributed by atoms with E-state index in [0.29, 0.717) is 23.4 Å². The molecule has 0 spiro atoms. The highest BCUT2D eigenvalue weighted by molar-refractivity contribution is 6.01. The van der Waals surface area contributed by atoms with Gasteiger partial charge in [-0.25, -0.2) is 0 Å². The van der Waals surface area contributed by atoms with Gasteiger partial charge < -0.3 is 10.5 Å². The van der Waals surface area contributed by atoms with Crippen molar-refractivity contribution in [1.29, 1.82) is 5.26 Å². The largest absolute Gasteiger partial charge is 0.497 e. The number of methoxy groups -OCH3 is 1. The van der Waals surface area contributed by atoms with E-state index in [9.17, 15) is 10.1 Å². The third-order valence-electron chi connectivity index (χ3n) is 5.99. The number of rotatable bonds is 3. The van der Waals surface area contributed by atoms with Crippen LogP contribution in [-0.4, -0.2) is 12.9 Å². The number of nitriles is 1. The standard InChI is InChI=1S/C25H25N3O2/c1-15-7-8-16(2)19(13-15)23-20(14-26)25(27)28(17-9-11-18(30-3)12-10-17)21-5-4-6-22(29)24(21)23/h7-13,23H,4-6,27H2,1-3H3. The van der Waals surface area contributed by atoms with Crippen molar-refractivity contribution in [2.45, 2.75) is 39.0 Å². The molecule has 2 N–H and O–H groups in total. The zero-order chi connectivity index (χ0) is 21.4. The number of nitrogens with two attached hydrogens (primary N) is 1. The number of carbonyl (C=O) groups is 1. The topological polar surface area (TPSA) is 79.3 Å². The van der Waals surface area contributed by atoms with Crippen molar-refractivity contribution < 1.29 is 9.53 Å². The second kappa shape index (κ2) is 7.72. The maximum absolute atomic E-state index is 13.2. The number of hydrogen-bond donors (Lipinski definition) is 1. The molecule has 0 aromatic heterocycles. The minimum Gasteiger partial charge on any atom is -0.497 e. The molecule has 5 heteroatoms. The zero-order valence-electron chi connectivity index (χ0n) is 17.5. The van der Waals surface area contributed by atoms with Gasteiger partial charge in [0, 0.05) is 23.4 Å². The molecule has 4 rings (SSSR count). The minimum absolute atomic E-state index is 0.0981. The van der Waals surface area contributed by atoms with E-state index in [2.05, 4.69) is 12.1 Å². The summed E-state index contributed by atoms with van der Waals surface area (Å²) in [5, 5.41) is 10.1. The Morgan fingerprint density at radius 1 is 1.13 bits per heavy atom. The predicted molar refractivity (Wildman–Crippen MR) is 117 cm³/mol. The van der Waals surface area contributed by atoms with Gasteiger partial charge in [-0.2, -0.15) is 5.26 Å². The third-order valence-corrected chi connectivity index (χ3v) is 5.99. The molecule has 0 fully saturated rings. The summed E-state index contributed by atoms with van der Waals surface area (Å²) in [5.74, 6) is 0.802. The normalized spacial score (nSPS) is 18.9. The first-order valence-electron chi connectivity index (χ1n) is 10.1. The van der Waals surface area contributed by atoms with Gasteiger partial charge in [0.15, 0.2) is 5.78 Å². The lowest BCUT2D eigenvalue weighted by Gasteiger charge is -2.40. The Morgan fingerprint density at radius 2 is 1.87 bits per heavy atom. The van der Waals surface area contributed by atoms with Crippen LogP contribution in [-0.2, 0) is 4.79 Å². The van der Waals surface area contributed by atoms with E-state index in [1.807, 2.05) is 55.1 Å². The molecule has 30 heavy (non-hydrogen) atoms. The van der Waals surface area contributed by atoms with Crippen LogP contribution in [0.1, 0.15) is 41.9 Å². The number of nitrogens with zero attached hydrogens (tertiary/aromatic N) is 2. The monoisotopic (exact) mass is 399 g/mol. The SMILES string of the molecule is COc1ccc(N2C(N)=C(C#N)C(c3cc(C)ccc3C)C3=C2CCCC3=O)cc1. The highest BCUT2D eigenvalue weighted by atomic mass is 16.5. The van der Waals surface area contributed by atoms with E-state index >= 15 is 0 Å².